The Labute approximate surface area is 121 Å². The minimum Gasteiger partial charge on any atom is -0.469 e. The van der Waals surface area contributed by atoms with E-state index in [0.29, 0.717) is 18.4 Å². The van der Waals surface area contributed by atoms with Gasteiger partial charge < -0.3 is 14.2 Å². The molecule has 20 heavy (non-hydrogen) atoms. The first kappa shape index (κ1) is 15.7. The molecular weight excluding hydrogens is 258 g/mol. The van der Waals surface area contributed by atoms with E-state index < -0.39 is 0 Å². The second kappa shape index (κ2) is 8.60. The molecule has 0 amide bonds. The van der Waals surface area contributed by atoms with Crippen molar-refractivity contribution < 1.29 is 19.0 Å². The molecule has 0 aromatic heterocycles. The normalized spacial score (nSPS) is 24.2. The van der Waals surface area contributed by atoms with Crippen LogP contribution < -0.4 is 0 Å². The van der Waals surface area contributed by atoms with Gasteiger partial charge in [-0.3, -0.25) is 9.69 Å². The fourth-order valence-electron chi connectivity index (χ4n) is 2.98. The molecular formula is C15H27NO4. The zero-order valence-corrected chi connectivity index (χ0v) is 12.5. The van der Waals surface area contributed by atoms with Crippen molar-refractivity contribution in [2.24, 2.45) is 5.92 Å². The molecule has 0 aromatic carbocycles. The molecule has 2 aliphatic heterocycles. The lowest BCUT2D eigenvalue weighted by Gasteiger charge is -2.31. The molecule has 2 rings (SSSR count). The Hall–Kier alpha value is -0.650. The third-order valence-corrected chi connectivity index (χ3v) is 4.20. The summed E-state index contributed by atoms with van der Waals surface area (Å²) in [6, 6.07) is 0. The second-order valence-electron chi connectivity index (χ2n) is 5.78. The highest BCUT2D eigenvalue weighted by Crippen LogP contribution is 2.19. The number of hydrogen-bond donors (Lipinski definition) is 0. The number of nitrogens with zero attached hydrogens (tertiary/aromatic N) is 1. The highest BCUT2D eigenvalue weighted by molar-refractivity contribution is 5.69. The predicted octanol–water partition coefficient (Wildman–Crippen LogP) is 1.46. The molecule has 0 aromatic rings. The highest BCUT2D eigenvalue weighted by Gasteiger charge is 2.23. The van der Waals surface area contributed by atoms with Gasteiger partial charge in [-0.1, -0.05) is 0 Å². The molecule has 2 aliphatic rings. The number of hydrogen-bond acceptors (Lipinski definition) is 5. The van der Waals surface area contributed by atoms with Crippen molar-refractivity contribution >= 4 is 5.97 Å². The lowest BCUT2D eigenvalue weighted by molar-refractivity contribution is -0.141. The lowest BCUT2D eigenvalue weighted by Crippen LogP contribution is -2.38. The fourth-order valence-corrected chi connectivity index (χ4v) is 2.98. The summed E-state index contributed by atoms with van der Waals surface area (Å²) in [5, 5.41) is 0. The van der Waals surface area contributed by atoms with Gasteiger partial charge in [0.1, 0.15) is 0 Å². The van der Waals surface area contributed by atoms with Crippen LogP contribution in [0.2, 0.25) is 0 Å². The molecule has 116 valence electrons. The second-order valence-corrected chi connectivity index (χ2v) is 5.78. The van der Waals surface area contributed by atoms with Gasteiger partial charge >= 0.3 is 5.97 Å². The van der Waals surface area contributed by atoms with E-state index in [1.807, 2.05) is 0 Å². The molecule has 5 heteroatoms. The van der Waals surface area contributed by atoms with E-state index in [0.717, 1.165) is 65.1 Å². The van der Waals surface area contributed by atoms with Crippen LogP contribution in [0.25, 0.3) is 0 Å². The average molecular weight is 285 g/mol. The van der Waals surface area contributed by atoms with E-state index in [4.69, 9.17) is 14.2 Å². The molecule has 0 radical (unpaired) electrons. The molecule has 2 fully saturated rings. The Kier molecular flexibility index (Phi) is 6.76. The van der Waals surface area contributed by atoms with Crippen LogP contribution in [0.15, 0.2) is 0 Å². The number of ether oxygens (including phenoxy) is 3. The summed E-state index contributed by atoms with van der Waals surface area (Å²) in [5.41, 5.74) is 0. The van der Waals surface area contributed by atoms with Gasteiger partial charge in [0.05, 0.1) is 19.6 Å². The number of carbonyl (C=O) groups excluding carboxylic acids is 1. The van der Waals surface area contributed by atoms with Crippen molar-refractivity contribution in [2.75, 3.05) is 46.6 Å². The number of esters is 1. The van der Waals surface area contributed by atoms with Crippen LogP contribution in [0.5, 0.6) is 0 Å². The first-order chi connectivity index (χ1) is 9.78. The Balaban J connectivity index is 1.79. The molecule has 5 nitrogen and oxygen atoms in total. The molecule has 1 atom stereocenters. The van der Waals surface area contributed by atoms with Crippen molar-refractivity contribution in [3.05, 3.63) is 0 Å². The maximum absolute atomic E-state index is 11.3. The maximum Gasteiger partial charge on any atom is 0.306 e. The number of methoxy groups -OCH3 is 1. The monoisotopic (exact) mass is 285 g/mol. The zero-order valence-electron chi connectivity index (χ0n) is 12.5. The summed E-state index contributed by atoms with van der Waals surface area (Å²) >= 11 is 0. The van der Waals surface area contributed by atoms with Gasteiger partial charge in [0.25, 0.3) is 0 Å². The van der Waals surface area contributed by atoms with Crippen molar-refractivity contribution in [1.82, 2.24) is 4.90 Å². The Morgan fingerprint density at radius 2 is 2.00 bits per heavy atom. The van der Waals surface area contributed by atoms with Crippen molar-refractivity contribution in [2.45, 2.75) is 38.2 Å². The van der Waals surface area contributed by atoms with Gasteiger partial charge in [-0.05, 0) is 31.6 Å². The van der Waals surface area contributed by atoms with Gasteiger partial charge in [0.2, 0.25) is 0 Å². The summed E-state index contributed by atoms with van der Waals surface area (Å²) in [4.78, 5) is 13.7. The first-order valence-corrected chi connectivity index (χ1v) is 7.76. The topological polar surface area (TPSA) is 48.0 Å². The van der Waals surface area contributed by atoms with Crippen LogP contribution in [0.1, 0.15) is 32.1 Å². The molecule has 0 bridgehead atoms. The van der Waals surface area contributed by atoms with E-state index in [1.165, 1.54) is 7.11 Å². The lowest BCUT2D eigenvalue weighted by atomic mass is 9.99. The zero-order chi connectivity index (χ0) is 14.2. The Morgan fingerprint density at radius 1 is 1.20 bits per heavy atom. The first-order valence-electron chi connectivity index (χ1n) is 7.76. The Bertz CT molecular complexity index is 286. The third-order valence-electron chi connectivity index (χ3n) is 4.20. The molecule has 0 N–H and O–H groups in total. The van der Waals surface area contributed by atoms with E-state index >= 15 is 0 Å². The van der Waals surface area contributed by atoms with Crippen molar-refractivity contribution in [3.63, 3.8) is 0 Å². The molecule has 0 aliphatic carbocycles. The SMILES string of the molecule is COC(=O)CCN(CC1CCOCC1)CC1CCCO1. The molecule has 1 unspecified atom stereocenters. The quantitative estimate of drug-likeness (QED) is 0.663. The van der Waals surface area contributed by atoms with E-state index in [9.17, 15) is 4.79 Å². The average Bonchev–Trinajstić information content (AvgIpc) is 2.98. The molecule has 2 saturated heterocycles. The van der Waals surface area contributed by atoms with E-state index in [1.54, 1.807) is 0 Å². The molecule has 0 spiro atoms. The minimum atomic E-state index is -0.130. The third kappa shape index (κ3) is 5.38. The van der Waals surface area contributed by atoms with E-state index in [2.05, 4.69) is 4.90 Å². The van der Waals surface area contributed by atoms with Gasteiger partial charge in [-0.25, -0.2) is 0 Å². The summed E-state index contributed by atoms with van der Waals surface area (Å²) in [7, 11) is 1.45. The van der Waals surface area contributed by atoms with Gasteiger partial charge in [0, 0.05) is 39.5 Å². The summed E-state index contributed by atoms with van der Waals surface area (Å²) < 4.78 is 15.9. The van der Waals surface area contributed by atoms with Crippen molar-refractivity contribution in [1.29, 1.82) is 0 Å². The van der Waals surface area contributed by atoms with Gasteiger partial charge in [0.15, 0.2) is 0 Å². The summed E-state index contributed by atoms with van der Waals surface area (Å²) in [6.45, 7) is 5.37. The Morgan fingerprint density at radius 3 is 2.65 bits per heavy atom. The smallest absolute Gasteiger partial charge is 0.306 e. The van der Waals surface area contributed by atoms with E-state index in [-0.39, 0.29) is 5.97 Å². The van der Waals surface area contributed by atoms with Crippen LogP contribution in [-0.2, 0) is 19.0 Å². The standard InChI is InChI=1S/C15H27NO4/c1-18-15(17)4-7-16(12-14-3-2-8-20-14)11-13-5-9-19-10-6-13/h13-14H,2-12H2,1H3. The predicted molar refractivity (Wildman–Crippen MR) is 75.6 cm³/mol. The largest absolute Gasteiger partial charge is 0.469 e. The highest BCUT2D eigenvalue weighted by atomic mass is 16.5. The minimum absolute atomic E-state index is 0.130. The van der Waals surface area contributed by atoms with Crippen LogP contribution in [-0.4, -0.2) is 63.5 Å². The van der Waals surface area contributed by atoms with Crippen LogP contribution >= 0.6 is 0 Å². The van der Waals surface area contributed by atoms with Crippen molar-refractivity contribution in [3.8, 4) is 0 Å². The van der Waals surface area contributed by atoms with Crippen LogP contribution in [0.4, 0.5) is 0 Å². The number of rotatable bonds is 7. The van der Waals surface area contributed by atoms with Crippen LogP contribution in [0, 0.1) is 5.92 Å². The summed E-state index contributed by atoms with van der Waals surface area (Å²) in [6.07, 6.45) is 5.36. The number of carbonyl (C=O) groups is 1. The maximum atomic E-state index is 11.3. The molecule has 0 saturated carbocycles. The fraction of sp³-hybridized carbons (Fsp3) is 0.933. The van der Waals surface area contributed by atoms with Crippen LogP contribution in [0.3, 0.4) is 0 Å². The summed E-state index contributed by atoms with van der Waals surface area (Å²) in [5.74, 6) is 0.553. The van der Waals surface area contributed by atoms with Gasteiger partial charge in [-0.15, -0.1) is 0 Å². The molecule has 2 heterocycles. The van der Waals surface area contributed by atoms with Gasteiger partial charge in [-0.2, -0.15) is 0 Å².